The smallest absolute Gasteiger partial charge is 0.254 e. The minimum absolute atomic E-state index is 0.171. The quantitative estimate of drug-likeness (QED) is 0.819. The average Bonchev–Trinajstić information content (AvgIpc) is 2.91. The van der Waals surface area contributed by atoms with Gasteiger partial charge in [0.1, 0.15) is 11.5 Å². The molecule has 0 saturated carbocycles. The fourth-order valence-electron chi connectivity index (χ4n) is 2.33. The van der Waals surface area contributed by atoms with Gasteiger partial charge in [-0.3, -0.25) is 4.79 Å². The van der Waals surface area contributed by atoms with Crippen molar-refractivity contribution in [2.75, 3.05) is 34.4 Å². The van der Waals surface area contributed by atoms with E-state index in [1.165, 1.54) is 14.2 Å². The van der Waals surface area contributed by atoms with E-state index in [0.29, 0.717) is 30.2 Å². The molecule has 2 atom stereocenters. The first-order valence-electron chi connectivity index (χ1n) is 6.46. The van der Waals surface area contributed by atoms with Crippen molar-refractivity contribution in [2.24, 2.45) is 0 Å². The maximum atomic E-state index is 12.5. The van der Waals surface area contributed by atoms with Crippen molar-refractivity contribution < 1.29 is 19.4 Å². The molecule has 0 spiro atoms. The van der Waals surface area contributed by atoms with E-state index >= 15 is 0 Å². The van der Waals surface area contributed by atoms with Crippen LogP contribution in [0.4, 0.5) is 0 Å². The van der Waals surface area contributed by atoms with Crippen LogP contribution in [0.1, 0.15) is 10.4 Å². The number of methoxy groups -OCH3 is 2. The Morgan fingerprint density at radius 3 is 2.30 bits per heavy atom. The molecule has 1 saturated heterocycles. The van der Waals surface area contributed by atoms with Crippen LogP contribution in [0.25, 0.3) is 0 Å². The predicted octanol–water partition coefficient (Wildman–Crippen LogP) is 0.108. The fraction of sp³-hybridized carbons (Fsp3) is 0.500. The standard InChI is InChI=1S/C14H20N2O4/c1-16(12-7-15-8-13(12)17)14(18)9-4-10(19-2)6-11(5-9)20-3/h4-6,12-13,15,17H,7-8H2,1-3H3/t12-,13-/m1/s1. The second-order valence-electron chi connectivity index (χ2n) is 4.81. The average molecular weight is 280 g/mol. The van der Waals surface area contributed by atoms with Crippen LogP contribution < -0.4 is 14.8 Å². The molecular weight excluding hydrogens is 260 g/mol. The van der Waals surface area contributed by atoms with Crippen LogP contribution in [0.5, 0.6) is 11.5 Å². The van der Waals surface area contributed by atoms with Crippen LogP contribution in [-0.4, -0.2) is 62.4 Å². The molecule has 0 radical (unpaired) electrons. The molecule has 20 heavy (non-hydrogen) atoms. The summed E-state index contributed by atoms with van der Waals surface area (Å²) >= 11 is 0. The molecule has 0 unspecified atom stereocenters. The second-order valence-corrected chi connectivity index (χ2v) is 4.81. The summed E-state index contributed by atoms with van der Waals surface area (Å²) in [4.78, 5) is 14.0. The number of likely N-dealkylation sites (N-methyl/N-ethyl adjacent to an activating group) is 1. The van der Waals surface area contributed by atoms with Crippen LogP contribution in [0.3, 0.4) is 0 Å². The van der Waals surface area contributed by atoms with Gasteiger partial charge >= 0.3 is 0 Å². The lowest BCUT2D eigenvalue weighted by Crippen LogP contribution is -2.44. The Bertz CT molecular complexity index is 470. The maximum Gasteiger partial charge on any atom is 0.254 e. The van der Waals surface area contributed by atoms with Crippen LogP contribution in [0.2, 0.25) is 0 Å². The lowest BCUT2D eigenvalue weighted by atomic mass is 10.1. The molecule has 1 amide bonds. The van der Waals surface area contributed by atoms with Gasteiger partial charge in [0.2, 0.25) is 0 Å². The molecule has 0 aromatic heterocycles. The van der Waals surface area contributed by atoms with E-state index in [1.54, 1.807) is 30.1 Å². The monoisotopic (exact) mass is 280 g/mol. The van der Waals surface area contributed by atoms with Gasteiger partial charge in [-0.1, -0.05) is 0 Å². The normalized spacial score (nSPS) is 21.6. The number of carbonyl (C=O) groups is 1. The van der Waals surface area contributed by atoms with E-state index in [9.17, 15) is 9.90 Å². The molecule has 2 N–H and O–H groups in total. The number of β-amino-alcohol motifs (C(OH)–C–C–N with tert-alkyl or cyclic N) is 1. The Balaban J connectivity index is 2.23. The van der Waals surface area contributed by atoms with Crippen molar-refractivity contribution in [3.8, 4) is 11.5 Å². The highest BCUT2D eigenvalue weighted by Gasteiger charge is 2.31. The Morgan fingerprint density at radius 1 is 1.25 bits per heavy atom. The van der Waals surface area contributed by atoms with E-state index in [4.69, 9.17) is 9.47 Å². The summed E-state index contributed by atoms with van der Waals surface area (Å²) in [5.74, 6) is 0.951. The second kappa shape index (κ2) is 6.11. The first-order chi connectivity index (χ1) is 9.56. The third-order valence-electron chi connectivity index (χ3n) is 3.57. The molecule has 6 nitrogen and oxygen atoms in total. The van der Waals surface area contributed by atoms with E-state index in [-0.39, 0.29) is 11.9 Å². The summed E-state index contributed by atoms with van der Waals surface area (Å²) in [6.07, 6.45) is -0.545. The topological polar surface area (TPSA) is 71.0 Å². The number of rotatable bonds is 4. The minimum atomic E-state index is -0.545. The minimum Gasteiger partial charge on any atom is -0.497 e. The summed E-state index contributed by atoms with van der Waals surface area (Å²) in [5.41, 5.74) is 0.475. The van der Waals surface area contributed by atoms with Gasteiger partial charge in [-0.2, -0.15) is 0 Å². The Morgan fingerprint density at radius 2 is 1.85 bits per heavy atom. The Kier molecular flexibility index (Phi) is 4.46. The molecule has 1 aromatic rings. The molecule has 6 heteroatoms. The van der Waals surface area contributed by atoms with Crippen molar-refractivity contribution in [3.05, 3.63) is 23.8 Å². The summed E-state index contributed by atoms with van der Waals surface area (Å²) in [5, 5.41) is 12.9. The molecular formula is C14H20N2O4. The number of nitrogens with one attached hydrogen (secondary N) is 1. The van der Waals surface area contributed by atoms with Crippen LogP contribution in [-0.2, 0) is 0 Å². The third-order valence-corrected chi connectivity index (χ3v) is 3.57. The van der Waals surface area contributed by atoms with Gasteiger partial charge in [-0.05, 0) is 12.1 Å². The van der Waals surface area contributed by atoms with Gasteiger partial charge in [-0.15, -0.1) is 0 Å². The van der Waals surface area contributed by atoms with Crippen LogP contribution >= 0.6 is 0 Å². The number of carbonyl (C=O) groups excluding carboxylic acids is 1. The lowest BCUT2D eigenvalue weighted by Gasteiger charge is -2.26. The first kappa shape index (κ1) is 14.6. The lowest BCUT2D eigenvalue weighted by molar-refractivity contribution is 0.0580. The highest BCUT2D eigenvalue weighted by molar-refractivity contribution is 5.95. The molecule has 1 fully saturated rings. The van der Waals surface area contributed by atoms with E-state index in [1.807, 2.05) is 0 Å². The van der Waals surface area contributed by atoms with Gasteiger partial charge in [0.25, 0.3) is 5.91 Å². The number of ether oxygens (including phenoxy) is 2. The van der Waals surface area contributed by atoms with Crippen LogP contribution in [0, 0.1) is 0 Å². The Labute approximate surface area is 118 Å². The van der Waals surface area contributed by atoms with Gasteiger partial charge in [-0.25, -0.2) is 0 Å². The van der Waals surface area contributed by atoms with Crippen LogP contribution in [0.15, 0.2) is 18.2 Å². The van der Waals surface area contributed by atoms with Gasteiger partial charge in [0, 0.05) is 31.8 Å². The molecule has 1 aromatic carbocycles. The molecule has 1 aliphatic heterocycles. The van der Waals surface area contributed by atoms with E-state index < -0.39 is 6.10 Å². The number of benzene rings is 1. The molecule has 2 rings (SSSR count). The molecule has 110 valence electrons. The summed E-state index contributed by atoms with van der Waals surface area (Å²) in [7, 11) is 4.77. The van der Waals surface area contributed by atoms with E-state index in [0.717, 1.165) is 0 Å². The maximum absolute atomic E-state index is 12.5. The van der Waals surface area contributed by atoms with Crippen molar-refractivity contribution >= 4 is 5.91 Å². The Hall–Kier alpha value is -1.79. The van der Waals surface area contributed by atoms with Crippen molar-refractivity contribution in [1.82, 2.24) is 10.2 Å². The molecule has 0 aliphatic carbocycles. The van der Waals surface area contributed by atoms with Gasteiger partial charge < -0.3 is 24.8 Å². The van der Waals surface area contributed by atoms with Crippen molar-refractivity contribution in [3.63, 3.8) is 0 Å². The third kappa shape index (κ3) is 2.86. The number of hydrogen-bond donors (Lipinski definition) is 2. The number of aliphatic hydroxyl groups is 1. The molecule has 0 bridgehead atoms. The number of amides is 1. The number of hydrogen-bond acceptors (Lipinski definition) is 5. The zero-order valence-corrected chi connectivity index (χ0v) is 11.9. The fourth-order valence-corrected chi connectivity index (χ4v) is 2.33. The SMILES string of the molecule is COc1cc(OC)cc(C(=O)N(C)[C@@H]2CNC[C@H]2O)c1. The molecule has 1 aliphatic rings. The predicted molar refractivity (Wildman–Crippen MR) is 74.3 cm³/mol. The van der Waals surface area contributed by atoms with Gasteiger partial charge in [0.15, 0.2) is 0 Å². The summed E-state index contributed by atoms with van der Waals surface area (Å²) < 4.78 is 10.3. The van der Waals surface area contributed by atoms with Crippen molar-refractivity contribution in [2.45, 2.75) is 12.1 Å². The zero-order valence-electron chi connectivity index (χ0n) is 11.9. The largest absolute Gasteiger partial charge is 0.497 e. The van der Waals surface area contributed by atoms with Gasteiger partial charge in [0.05, 0.1) is 26.4 Å². The summed E-state index contributed by atoms with van der Waals surface area (Å²) in [6, 6.07) is 4.81. The van der Waals surface area contributed by atoms with Crippen molar-refractivity contribution in [1.29, 1.82) is 0 Å². The summed E-state index contributed by atoms with van der Waals surface area (Å²) in [6.45, 7) is 1.09. The zero-order chi connectivity index (χ0) is 14.7. The number of aliphatic hydroxyl groups excluding tert-OH is 1. The first-order valence-corrected chi connectivity index (χ1v) is 6.46. The van der Waals surface area contributed by atoms with E-state index in [2.05, 4.69) is 5.32 Å². The highest BCUT2D eigenvalue weighted by Crippen LogP contribution is 2.24. The number of nitrogens with zero attached hydrogens (tertiary/aromatic N) is 1. The highest BCUT2D eigenvalue weighted by atomic mass is 16.5. The molecule has 1 heterocycles.